The second kappa shape index (κ2) is 18.8. The van der Waals surface area contributed by atoms with Crippen molar-refractivity contribution in [1.29, 1.82) is 0 Å². The van der Waals surface area contributed by atoms with Gasteiger partial charge in [-0.05, 0) is 96.9 Å². The van der Waals surface area contributed by atoms with Crippen molar-refractivity contribution in [2.24, 2.45) is 5.92 Å². The van der Waals surface area contributed by atoms with Gasteiger partial charge in [0.1, 0.15) is 34.6 Å². The Morgan fingerprint density at radius 1 is 0.860 bits per heavy atom. The van der Waals surface area contributed by atoms with E-state index >= 15 is 0 Å². The standard InChI is InChI=1S/C45H45Cl2N3O7/c1-53-41-18-17-34(22-43(41)54-2)42(23-38-39(46)24-48-25-40(38)47)57-44(51)33-15-13-30(14-16-33)29-55-36-12-6-8-32(20-36)27-50(35-10-4-3-5-11-35)45(52)56-37-21-31-9-7-19-49(26-31)28-37/h3-6,8,10-18,20,22,24-25,31,37,42H,7,9,19,21,23,26-29H2,1-2H3/p+1/t31?,37-,42+/m1/s1. The molecule has 10 nitrogen and oxygen atoms in total. The van der Waals surface area contributed by atoms with Gasteiger partial charge >= 0.3 is 12.1 Å². The van der Waals surface area contributed by atoms with Crippen LogP contribution in [-0.2, 0) is 29.0 Å². The molecule has 0 saturated carbocycles. The maximum absolute atomic E-state index is 13.7. The van der Waals surface area contributed by atoms with Crippen molar-refractivity contribution in [3.63, 3.8) is 0 Å². The maximum Gasteiger partial charge on any atom is 0.414 e. The molecule has 2 bridgehead atoms. The molecule has 2 fully saturated rings. The lowest BCUT2D eigenvalue weighted by Gasteiger charge is -2.41. The average molecular weight is 812 g/mol. The Balaban J connectivity index is 0.999. The highest BCUT2D eigenvalue weighted by Gasteiger charge is 2.33. The molecule has 57 heavy (non-hydrogen) atoms. The molecule has 0 radical (unpaired) electrons. The highest BCUT2D eigenvalue weighted by Crippen LogP contribution is 2.36. The van der Waals surface area contributed by atoms with Crippen molar-refractivity contribution in [2.45, 2.75) is 51.0 Å². The van der Waals surface area contributed by atoms with Gasteiger partial charge in [-0.1, -0.05) is 71.7 Å². The summed E-state index contributed by atoms with van der Waals surface area (Å²) in [6.45, 7) is 3.54. The van der Waals surface area contributed by atoms with E-state index in [4.69, 9.17) is 46.9 Å². The van der Waals surface area contributed by atoms with Gasteiger partial charge in [-0.25, -0.2) is 14.6 Å². The fraction of sp³-hybridized carbons (Fsp3) is 0.311. The zero-order valence-corrected chi connectivity index (χ0v) is 33.5. The number of methoxy groups -OCH3 is 2. The Hall–Kier alpha value is -5.29. The number of amides is 1. The number of esters is 1. The number of ether oxygens (including phenoxy) is 5. The van der Waals surface area contributed by atoms with Crippen molar-refractivity contribution in [1.82, 2.24) is 4.90 Å². The molecular weight excluding hydrogens is 765 g/mol. The molecule has 5 aromatic rings. The molecule has 1 aromatic heterocycles. The number of piperidine rings is 2. The second-order valence-electron chi connectivity index (χ2n) is 14.4. The molecule has 1 N–H and O–H groups in total. The fourth-order valence-electron chi connectivity index (χ4n) is 7.56. The first kappa shape index (κ1) is 39.9. The number of carbonyl (C=O) groups excluding carboxylic acids is 2. The number of nitrogens with one attached hydrogen (secondary N) is 1. The first-order valence-electron chi connectivity index (χ1n) is 19.1. The molecule has 7 rings (SSSR count). The molecule has 2 aliphatic rings. The Labute approximate surface area is 343 Å². The number of fused-ring (bicyclic) bond motifs is 2. The van der Waals surface area contributed by atoms with Crippen LogP contribution in [0.1, 0.15) is 58.0 Å². The summed E-state index contributed by atoms with van der Waals surface area (Å²) in [5, 5.41) is 0.842. The molecule has 2 unspecified atom stereocenters. The summed E-state index contributed by atoms with van der Waals surface area (Å²) >= 11 is 13.0. The normalized spacial score (nSPS) is 17.9. The molecule has 4 atom stereocenters. The monoisotopic (exact) mass is 810 g/mol. The summed E-state index contributed by atoms with van der Waals surface area (Å²) < 4.78 is 29.3. The van der Waals surface area contributed by atoms with Gasteiger partial charge in [0, 0.05) is 30.8 Å². The Morgan fingerprint density at radius 2 is 1.63 bits per heavy atom. The van der Waals surface area contributed by atoms with Crippen LogP contribution in [0, 0.1) is 5.92 Å². The minimum atomic E-state index is -0.741. The smallest absolute Gasteiger partial charge is 0.414 e. The minimum absolute atomic E-state index is 0.115. The Kier molecular flexibility index (Phi) is 13.1. The van der Waals surface area contributed by atoms with E-state index in [1.807, 2.05) is 72.8 Å². The van der Waals surface area contributed by atoms with Crippen LogP contribution in [0.5, 0.6) is 17.2 Å². The van der Waals surface area contributed by atoms with Crippen molar-refractivity contribution in [3.8, 4) is 17.2 Å². The lowest BCUT2D eigenvalue weighted by atomic mass is 9.88. The van der Waals surface area contributed by atoms with E-state index in [9.17, 15) is 9.59 Å². The van der Waals surface area contributed by atoms with E-state index < -0.39 is 12.1 Å². The van der Waals surface area contributed by atoms with E-state index in [-0.39, 0.29) is 25.2 Å². The SMILES string of the molecule is COc1ccc([C@H](Cc2c(Cl)c[nH+]cc2Cl)OC(=O)c2ccc(COc3cccc(CN(C(=O)O[C@@H]4CC5CCCN(C5)C4)c4ccccc4)c3)cc2)cc1OC. The third-order valence-corrected chi connectivity index (χ3v) is 11.1. The molecule has 2 aliphatic heterocycles. The number of nitrogens with zero attached hydrogens (tertiary/aromatic N) is 2. The van der Waals surface area contributed by atoms with Crippen LogP contribution in [0.3, 0.4) is 0 Å². The number of pyridine rings is 1. The van der Waals surface area contributed by atoms with Crippen LogP contribution >= 0.6 is 23.2 Å². The molecule has 3 heterocycles. The first-order valence-corrected chi connectivity index (χ1v) is 19.8. The number of H-pyrrole nitrogens is 1. The second-order valence-corrected chi connectivity index (χ2v) is 15.2. The van der Waals surface area contributed by atoms with Crippen molar-refractivity contribution >= 4 is 41.0 Å². The Morgan fingerprint density at radius 3 is 2.37 bits per heavy atom. The fourth-order valence-corrected chi connectivity index (χ4v) is 8.09. The van der Waals surface area contributed by atoms with Crippen molar-refractivity contribution < 1.29 is 38.3 Å². The van der Waals surface area contributed by atoms with E-state index in [2.05, 4.69) is 9.88 Å². The van der Waals surface area contributed by atoms with Crippen LogP contribution in [0.4, 0.5) is 10.5 Å². The summed E-state index contributed by atoms with van der Waals surface area (Å²) in [5.41, 5.74) is 4.21. The summed E-state index contributed by atoms with van der Waals surface area (Å²) in [6, 6.07) is 29.7. The number of hydrogen-bond donors (Lipinski definition) is 0. The first-order chi connectivity index (χ1) is 27.8. The van der Waals surface area contributed by atoms with E-state index in [1.54, 1.807) is 55.8 Å². The van der Waals surface area contributed by atoms with Gasteiger partial charge in [0.05, 0.1) is 26.3 Å². The maximum atomic E-state index is 13.7. The number of aromatic amines is 1. The van der Waals surface area contributed by atoms with E-state index in [0.29, 0.717) is 56.4 Å². The van der Waals surface area contributed by atoms with Gasteiger partial charge in [-0.15, -0.1) is 0 Å². The number of para-hydroxylation sites is 1. The highest BCUT2D eigenvalue weighted by atomic mass is 35.5. The number of rotatable bonds is 14. The third-order valence-electron chi connectivity index (χ3n) is 10.5. The third kappa shape index (κ3) is 10.2. The van der Waals surface area contributed by atoms with E-state index in [0.717, 1.165) is 42.9 Å². The molecule has 4 aromatic carbocycles. The number of aromatic nitrogens is 1. The van der Waals surface area contributed by atoms with Gasteiger partial charge in [0.15, 0.2) is 23.9 Å². The average Bonchev–Trinajstić information content (AvgIpc) is 3.23. The summed E-state index contributed by atoms with van der Waals surface area (Å²) in [7, 11) is 3.10. The zero-order valence-electron chi connectivity index (χ0n) is 32.0. The number of hydrogen-bond acceptors (Lipinski definition) is 8. The summed E-state index contributed by atoms with van der Waals surface area (Å²) in [6.07, 6.45) is 5.59. The van der Waals surface area contributed by atoms with Gasteiger partial charge in [0.25, 0.3) is 0 Å². The number of carbonyl (C=O) groups is 2. The minimum Gasteiger partial charge on any atom is -0.493 e. The predicted octanol–water partition coefficient (Wildman–Crippen LogP) is 9.17. The quantitative estimate of drug-likeness (QED) is 0.102. The molecule has 1 amide bonds. The van der Waals surface area contributed by atoms with Crippen LogP contribution in [-0.4, -0.2) is 56.9 Å². The van der Waals surface area contributed by atoms with Crippen molar-refractivity contribution in [3.05, 3.63) is 147 Å². The van der Waals surface area contributed by atoms with Crippen LogP contribution in [0.25, 0.3) is 0 Å². The van der Waals surface area contributed by atoms with Crippen LogP contribution in [0.2, 0.25) is 10.0 Å². The van der Waals surface area contributed by atoms with Crippen LogP contribution in [0.15, 0.2) is 109 Å². The van der Waals surface area contributed by atoms with E-state index in [1.165, 1.54) is 12.8 Å². The molecule has 2 saturated heterocycles. The summed E-state index contributed by atoms with van der Waals surface area (Å²) in [4.78, 5) is 34.3. The number of halogens is 2. The zero-order chi connectivity index (χ0) is 39.7. The molecule has 12 heteroatoms. The van der Waals surface area contributed by atoms with Crippen molar-refractivity contribution in [2.75, 3.05) is 38.8 Å². The van der Waals surface area contributed by atoms with Gasteiger partial charge in [-0.2, -0.15) is 0 Å². The molecular formula is C45H46Cl2N3O7+. The lowest BCUT2D eigenvalue weighted by molar-refractivity contribution is -0.377. The highest BCUT2D eigenvalue weighted by molar-refractivity contribution is 6.35. The van der Waals surface area contributed by atoms with Gasteiger partial charge in [0.2, 0.25) is 0 Å². The summed E-state index contributed by atoms with van der Waals surface area (Å²) in [5.74, 6) is 1.76. The largest absolute Gasteiger partial charge is 0.493 e. The van der Waals surface area contributed by atoms with Crippen LogP contribution < -0.4 is 24.1 Å². The topological polar surface area (TPSA) is 101 Å². The Bertz CT molecular complexity index is 2120. The number of anilines is 1. The number of benzene rings is 4. The molecule has 0 spiro atoms. The molecule has 0 aliphatic carbocycles. The predicted molar refractivity (Wildman–Crippen MR) is 218 cm³/mol. The lowest BCUT2D eigenvalue weighted by Crippen LogP contribution is -2.49. The molecule has 296 valence electrons. The van der Waals surface area contributed by atoms with Gasteiger partial charge in [-0.3, -0.25) is 9.80 Å². The van der Waals surface area contributed by atoms with Gasteiger partial charge < -0.3 is 23.7 Å².